The summed E-state index contributed by atoms with van der Waals surface area (Å²) in [6, 6.07) is 5.62. The summed E-state index contributed by atoms with van der Waals surface area (Å²) in [5, 5.41) is 3.97. The predicted molar refractivity (Wildman–Crippen MR) is 65.1 cm³/mol. The van der Waals surface area contributed by atoms with Crippen LogP contribution in [-0.2, 0) is 0 Å². The topological polar surface area (TPSA) is 12.0 Å². The maximum atomic E-state index is 13.5. The number of hydrogen-bond acceptors (Lipinski definition) is 2. The lowest BCUT2D eigenvalue weighted by Gasteiger charge is -2.14. The highest BCUT2D eigenvalue weighted by molar-refractivity contribution is 8.00. The molecule has 1 aromatic carbocycles. The van der Waals surface area contributed by atoms with Crippen molar-refractivity contribution < 1.29 is 4.39 Å². The standard InChI is InChI=1S/C12H16FNS/c1-8-3-4-11(13)12(5-8)14-10-6-9(2)15-7-10/h3-5,9-10,14H,6-7H2,1-2H3. The van der Waals surface area contributed by atoms with Crippen LogP contribution in [0.25, 0.3) is 0 Å². The van der Waals surface area contributed by atoms with Crippen molar-refractivity contribution in [3.05, 3.63) is 29.6 Å². The molecule has 0 radical (unpaired) electrons. The van der Waals surface area contributed by atoms with Crippen molar-refractivity contribution in [1.29, 1.82) is 0 Å². The normalized spacial score (nSPS) is 25.5. The lowest BCUT2D eigenvalue weighted by atomic mass is 10.1. The van der Waals surface area contributed by atoms with Gasteiger partial charge in [-0.25, -0.2) is 4.39 Å². The molecule has 2 rings (SSSR count). The lowest BCUT2D eigenvalue weighted by Crippen LogP contribution is -2.19. The van der Waals surface area contributed by atoms with Gasteiger partial charge in [-0.3, -0.25) is 0 Å². The predicted octanol–water partition coefficient (Wildman–Crippen LogP) is 3.44. The summed E-state index contributed by atoms with van der Waals surface area (Å²) < 4.78 is 13.5. The lowest BCUT2D eigenvalue weighted by molar-refractivity contribution is 0.624. The maximum Gasteiger partial charge on any atom is 0.146 e. The minimum absolute atomic E-state index is 0.148. The van der Waals surface area contributed by atoms with Crippen molar-refractivity contribution in [2.24, 2.45) is 0 Å². The molecular formula is C12H16FNS. The molecule has 0 saturated carbocycles. The molecule has 1 N–H and O–H groups in total. The van der Waals surface area contributed by atoms with Gasteiger partial charge in [0.15, 0.2) is 0 Å². The monoisotopic (exact) mass is 225 g/mol. The van der Waals surface area contributed by atoms with Crippen LogP contribution < -0.4 is 5.32 Å². The minimum atomic E-state index is -0.148. The number of thioether (sulfide) groups is 1. The second-order valence-electron chi connectivity index (χ2n) is 4.20. The van der Waals surface area contributed by atoms with Crippen LogP contribution in [0.1, 0.15) is 18.9 Å². The Morgan fingerprint density at radius 3 is 2.93 bits per heavy atom. The molecule has 3 heteroatoms. The molecule has 0 aliphatic carbocycles. The number of anilines is 1. The molecule has 2 unspecified atom stereocenters. The van der Waals surface area contributed by atoms with E-state index in [9.17, 15) is 4.39 Å². The van der Waals surface area contributed by atoms with Gasteiger partial charge in [0.2, 0.25) is 0 Å². The minimum Gasteiger partial charge on any atom is -0.379 e. The molecular weight excluding hydrogens is 209 g/mol. The van der Waals surface area contributed by atoms with E-state index in [1.807, 2.05) is 24.8 Å². The van der Waals surface area contributed by atoms with Crippen LogP contribution in [0.3, 0.4) is 0 Å². The van der Waals surface area contributed by atoms with E-state index in [0.29, 0.717) is 17.0 Å². The fraction of sp³-hybridized carbons (Fsp3) is 0.500. The first-order valence-electron chi connectivity index (χ1n) is 5.29. The first-order valence-corrected chi connectivity index (χ1v) is 6.34. The highest BCUT2D eigenvalue weighted by Crippen LogP contribution is 2.29. The fourth-order valence-electron chi connectivity index (χ4n) is 1.89. The van der Waals surface area contributed by atoms with Crippen LogP contribution in [0, 0.1) is 12.7 Å². The maximum absolute atomic E-state index is 13.5. The fourth-order valence-corrected chi connectivity index (χ4v) is 3.04. The summed E-state index contributed by atoms with van der Waals surface area (Å²) in [6.07, 6.45) is 1.12. The van der Waals surface area contributed by atoms with Crippen molar-refractivity contribution in [3.63, 3.8) is 0 Å². The number of nitrogens with one attached hydrogen (secondary N) is 1. The van der Waals surface area contributed by atoms with Gasteiger partial charge in [0.05, 0.1) is 5.69 Å². The molecule has 1 heterocycles. The van der Waals surface area contributed by atoms with E-state index in [-0.39, 0.29) is 5.82 Å². The van der Waals surface area contributed by atoms with Crippen molar-refractivity contribution in [2.75, 3.05) is 11.1 Å². The van der Waals surface area contributed by atoms with E-state index < -0.39 is 0 Å². The average Bonchev–Trinajstić information content (AvgIpc) is 2.58. The zero-order chi connectivity index (χ0) is 10.8. The Labute approximate surface area is 94.5 Å². The molecule has 0 spiro atoms. The van der Waals surface area contributed by atoms with Gasteiger partial charge in [-0.05, 0) is 31.0 Å². The Balaban J connectivity index is 2.07. The van der Waals surface area contributed by atoms with E-state index in [4.69, 9.17) is 0 Å². The van der Waals surface area contributed by atoms with Crippen LogP contribution in [-0.4, -0.2) is 17.0 Å². The summed E-state index contributed by atoms with van der Waals surface area (Å²) in [4.78, 5) is 0. The Bertz CT molecular complexity index is 353. The molecule has 1 aromatic rings. The third-order valence-corrected chi connectivity index (χ3v) is 4.04. The number of halogens is 1. The molecule has 1 aliphatic heterocycles. The Morgan fingerprint density at radius 2 is 2.27 bits per heavy atom. The van der Waals surface area contributed by atoms with Gasteiger partial charge in [-0.15, -0.1) is 0 Å². The van der Waals surface area contributed by atoms with Crippen LogP contribution in [0.5, 0.6) is 0 Å². The van der Waals surface area contributed by atoms with E-state index in [2.05, 4.69) is 12.2 Å². The van der Waals surface area contributed by atoms with Gasteiger partial charge in [-0.1, -0.05) is 13.0 Å². The molecule has 1 aliphatic rings. The average molecular weight is 225 g/mol. The third-order valence-electron chi connectivity index (χ3n) is 2.68. The Hall–Kier alpha value is -0.700. The Kier molecular flexibility index (Phi) is 3.19. The van der Waals surface area contributed by atoms with Crippen molar-refractivity contribution >= 4 is 17.4 Å². The van der Waals surface area contributed by atoms with Gasteiger partial charge in [0.25, 0.3) is 0 Å². The van der Waals surface area contributed by atoms with Gasteiger partial charge < -0.3 is 5.32 Å². The summed E-state index contributed by atoms with van der Waals surface area (Å²) in [7, 11) is 0. The third kappa shape index (κ3) is 2.65. The molecule has 2 atom stereocenters. The molecule has 82 valence electrons. The number of benzene rings is 1. The zero-order valence-corrected chi connectivity index (χ0v) is 9.90. The van der Waals surface area contributed by atoms with Gasteiger partial charge in [0.1, 0.15) is 5.82 Å². The highest BCUT2D eigenvalue weighted by atomic mass is 32.2. The first-order chi connectivity index (χ1) is 7.15. The largest absolute Gasteiger partial charge is 0.379 e. The summed E-state index contributed by atoms with van der Waals surface area (Å²) >= 11 is 1.95. The SMILES string of the molecule is Cc1ccc(F)c(NC2CSC(C)C2)c1. The van der Waals surface area contributed by atoms with Gasteiger partial charge >= 0.3 is 0 Å². The van der Waals surface area contributed by atoms with Crippen LogP contribution in [0.15, 0.2) is 18.2 Å². The van der Waals surface area contributed by atoms with E-state index >= 15 is 0 Å². The van der Waals surface area contributed by atoms with E-state index in [1.54, 1.807) is 6.07 Å². The molecule has 1 saturated heterocycles. The summed E-state index contributed by atoms with van der Waals surface area (Å²) in [6.45, 7) is 4.20. The number of hydrogen-bond donors (Lipinski definition) is 1. The molecule has 0 amide bonds. The highest BCUT2D eigenvalue weighted by Gasteiger charge is 2.22. The smallest absolute Gasteiger partial charge is 0.146 e. The second kappa shape index (κ2) is 4.44. The van der Waals surface area contributed by atoms with Crippen molar-refractivity contribution in [3.8, 4) is 0 Å². The van der Waals surface area contributed by atoms with Gasteiger partial charge in [-0.2, -0.15) is 11.8 Å². The van der Waals surface area contributed by atoms with E-state index in [0.717, 1.165) is 17.7 Å². The quantitative estimate of drug-likeness (QED) is 0.827. The molecule has 0 aromatic heterocycles. The molecule has 1 nitrogen and oxygen atoms in total. The summed E-state index contributed by atoms with van der Waals surface area (Å²) in [5.41, 5.74) is 1.74. The number of rotatable bonds is 2. The molecule has 0 bridgehead atoms. The second-order valence-corrected chi connectivity index (χ2v) is 5.68. The first kappa shape index (κ1) is 10.8. The Morgan fingerprint density at radius 1 is 1.47 bits per heavy atom. The van der Waals surface area contributed by atoms with Crippen LogP contribution in [0.2, 0.25) is 0 Å². The summed E-state index contributed by atoms with van der Waals surface area (Å²) in [5.74, 6) is 0.930. The zero-order valence-electron chi connectivity index (χ0n) is 9.09. The van der Waals surface area contributed by atoms with E-state index in [1.165, 1.54) is 6.07 Å². The van der Waals surface area contributed by atoms with Gasteiger partial charge in [0, 0.05) is 17.0 Å². The molecule has 15 heavy (non-hydrogen) atoms. The number of aryl methyl sites for hydroxylation is 1. The van der Waals surface area contributed by atoms with Crippen LogP contribution >= 0.6 is 11.8 Å². The van der Waals surface area contributed by atoms with Crippen LogP contribution in [0.4, 0.5) is 10.1 Å². The molecule has 1 fully saturated rings. The van der Waals surface area contributed by atoms with Crippen molar-refractivity contribution in [1.82, 2.24) is 0 Å². The van der Waals surface area contributed by atoms with Crippen molar-refractivity contribution in [2.45, 2.75) is 31.6 Å².